The minimum atomic E-state index is -3.92. The second-order valence-electron chi connectivity index (χ2n) is 12.6. The van der Waals surface area contributed by atoms with Gasteiger partial charge in [0.05, 0.1) is 54.6 Å². The third-order valence-corrected chi connectivity index (χ3v) is 10.4. The third kappa shape index (κ3) is 7.71. The lowest BCUT2D eigenvalue weighted by Crippen LogP contribution is -2.39. The molecular weight excluding hydrogens is 706 g/mol. The average molecular weight is 742 g/mol. The molecule has 0 radical (unpaired) electrons. The summed E-state index contributed by atoms with van der Waals surface area (Å²) in [4.78, 5) is 22.0. The van der Waals surface area contributed by atoms with Gasteiger partial charge >= 0.3 is 0 Å². The Labute approximate surface area is 295 Å². The summed E-state index contributed by atoms with van der Waals surface area (Å²) < 4.78 is 92.6. The Morgan fingerprint density at radius 1 is 0.980 bits per heavy atom. The first-order valence-corrected chi connectivity index (χ1v) is 19.5. The SMILES string of the molecule is CS(=O)(=O)NC(=O)c1cc(Nc2c(N(C3CCOCC3)[SH](=O)=O)cnc3cc(-c4cncc5c4OCC5)cc(F)c23)cc(OC2CCOCC2)c1. The second-order valence-corrected chi connectivity index (χ2v) is 15.2. The molecule has 2 aromatic carbocycles. The van der Waals surface area contributed by atoms with Gasteiger partial charge in [0.1, 0.15) is 23.4 Å². The van der Waals surface area contributed by atoms with Gasteiger partial charge in [0.2, 0.25) is 20.9 Å². The Kier molecular flexibility index (Phi) is 9.96. The number of hydrogen-bond acceptors (Lipinski definition) is 12. The van der Waals surface area contributed by atoms with Gasteiger partial charge < -0.3 is 24.3 Å². The van der Waals surface area contributed by atoms with Crippen LogP contribution < -0.4 is 23.8 Å². The highest BCUT2D eigenvalue weighted by Crippen LogP contribution is 2.43. The fraction of sp³-hybridized carbons (Fsp3) is 0.382. The van der Waals surface area contributed by atoms with Crippen LogP contribution in [0.25, 0.3) is 22.0 Å². The summed E-state index contributed by atoms with van der Waals surface area (Å²) in [5, 5.41) is 3.17. The van der Waals surface area contributed by atoms with Crippen molar-refractivity contribution in [2.75, 3.05) is 48.9 Å². The Hall–Kier alpha value is -4.58. The number of hydrogen-bond donors (Lipinski definition) is 3. The number of carbonyl (C=O) groups is 1. The van der Waals surface area contributed by atoms with E-state index < -0.39 is 38.7 Å². The first kappa shape index (κ1) is 34.9. The number of benzene rings is 2. The van der Waals surface area contributed by atoms with Crippen molar-refractivity contribution >= 4 is 54.8 Å². The molecule has 2 aromatic heterocycles. The number of carbonyl (C=O) groups excluding carboxylic acids is 1. The van der Waals surface area contributed by atoms with E-state index >= 15 is 4.39 Å². The fourth-order valence-electron chi connectivity index (χ4n) is 6.61. The standard InChI is InChI=1S/C34H36FN5O9S2/c1-51(44,45)39-34(41)22-12-23(16-26(13-22)49-25-5-9-47-10-6-25)38-32-30(40(50(42)43)24-3-7-46-8-4-24)19-37-29-15-21(14-28(35)31(29)32)27-18-36-17-20-2-11-48-33(20)27/h12-19,24-25,50H,2-11H2,1H3,(H,37,38)(H,39,41). The highest BCUT2D eigenvalue weighted by molar-refractivity contribution is 7.89. The largest absolute Gasteiger partial charge is 0.492 e. The highest BCUT2D eigenvalue weighted by Gasteiger charge is 2.29. The van der Waals surface area contributed by atoms with Crippen LogP contribution in [0.4, 0.5) is 21.5 Å². The molecule has 0 saturated carbocycles. The van der Waals surface area contributed by atoms with E-state index in [-0.39, 0.29) is 45.4 Å². The number of nitrogens with one attached hydrogen (secondary N) is 2. The van der Waals surface area contributed by atoms with Crippen LogP contribution in [0, 0.1) is 5.82 Å². The minimum absolute atomic E-state index is 0.00972. The van der Waals surface area contributed by atoms with E-state index in [1.165, 1.54) is 28.7 Å². The Balaban J connectivity index is 1.38. The van der Waals surface area contributed by atoms with Crippen LogP contribution in [0.5, 0.6) is 11.5 Å². The van der Waals surface area contributed by atoms with E-state index in [1.54, 1.807) is 24.5 Å². The number of amides is 1. The van der Waals surface area contributed by atoms with E-state index in [0.29, 0.717) is 82.0 Å². The van der Waals surface area contributed by atoms with Gasteiger partial charge in [-0.15, -0.1) is 0 Å². The summed E-state index contributed by atoms with van der Waals surface area (Å²) in [6.07, 6.45) is 7.98. The van der Waals surface area contributed by atoms with Crippen LogP contribution in [-0.4, -0.2) is 84.1 Å². The highest BCUT2D eigenvalue weighted by atomic mass is 32.2. The lowest BCUT2D eigenvalue weighted by Gasteiger charge is -2.32. The number of ether oxygens (including phenoxy) is 4. The van der Waals surface area contributed by atoms with Gasteiger partial charge in [0.25, 0.3) is 5.91 Å². The Morgan fingerprint density at radius 3 is 2.45 bits per heavy atom. The van der Waals surface area contributed by atoms with Crippen molar-refractivity contribution in [3.63, 3.8) is 0 Å². The molecule has 1 amide bonds. The maximum atomic E-state index is 16.6. The molecule has 2 saturated heterocycles. The lowest BCUT2D eigenvalue weighted by molar-refractivity contribution is 0.0255. The minimum Gasteiger partial charge on any atom is -0.492 e. The van der Waals surface area contributed by atoms with Crippen LogP contribution in [-0.2, 0) is 36.8 Å². The zero-order chi connectivity index (χ0) is 35.7. The summed E-state index contributed by atoms with van der Waals surface area (Å²) >= 11 is 0. The molecule has 270 valence electrons. The molecule has 51 heavy (non-hydrogen) atoms. The molecule has 0 bridgehead atoms. The number of nitrogens with zero attached hydrogens (tertiary/aromatic N) is 3. The zero-order valence-electron chi connectivity index (χ0n) is 27.6. The maximum Gasteiger partial charge on any atom is 0.264 e. The number of thiol groups is 1. The molecule has 5 heterocycles. The smallest absolute Gasteiger partial charge is 0.264 e. The molecule has 4 aromatic rings. The van der Waals surface area contributed by atoms with Crippen LogP contribution in [0.1, 0.15) is 41.6 Å². The van der Waals surface area contributed by atoms with Crippen LogP contribution in [0.2, 0.25) is 0 Å². The first-order chi connectivity index (χ1) is 24.5. The van der Waals surface area contributed by atoms with E-state index in [0.717, 1.165) is 11.8 Å². The van der Waals surface area contributed by atoms with Gasteiger partial charge in [-0.25, -0.2) is 25.9 Å². The number of sulfonamides is 1. The molecule has 2 N–H and O–H groups in total. The lowest BCUT2D eigenvalue weighted by atomic mass is 10.0. The fourth-order valence-corrected chi connectivity index (χ4v) is 7.89. The van der Waals surface area contributed by atoms with Crippen molar-refractivity contribution in [1.29, 1.82) is 0 Å². The monoisotopic (exact) mass is 741 g/mol. The number of aromatic nitrogens is 2. The number of fused-ring (bicyclic) bond motifs is 2. The van der Waals surface area contributed by atoms with Gasteiger partial charge in [0.15, 0.2) is 0 Å². The summed E-state index contributed by atoms with van der Waals surface area (Å²) in [5.74, 6) is -0.747. The van der Waals surface area contributed by atoms with Crippen LogP contribution in [0.15, 0.2) is 48.9 Å². The van der Waals surface area contributed by atoms with Crippen molar-refractivity contribution in [3.8, 4) is 22.6 Å². The molecule has 3 aliphatic rings. The molecule has 0 atom stereocenters. The van der Waals surface area contributed by atoms with Gasteiger partial charge in [0, 0.05) is 79.4 Å². The van der Waals surface area contributed by atoms with Crippen molar-refractivity contribution in [1.82, 2.24) is 14.7 Å². The maximum absolute atomic E-state index is 16.6. The third-order valence-electron chi connectivity index (χ3n) is 8.95. The van der Waals surface area contributed by atoms with Crippen LogP contribution in [0.3, 0.4) is 0 Å². The van der Waals surface area contributed by atoms with Crippen molar-refractivity contribution in [3.05, 3.63) is 65.9 Å². The topological polar surface area (TPSA) is 175 Å². The average Bonchev–Trinajstić information content (AvgIpc) is 3.58. The number of anilines is 3. The molecule has 17 heteroatoms. The van der Waals surface area contributed by atoms with E-state index in [9.17, 15) is 21.6 Å². The van der Waals surface area contributed by atoms with Gasteiger partial charge in [-0.1, -0.05) is 0 Å². The predicted octanol–water partition coefficient (Wildman–Crippen LogP) is 3.87. The first-order valence-electron chi connectivity index (χ1n) is 16.5. The van der Waals surface area contributed by atoms with Crippen molar-refractivity contribution in [2.45, 2.75) is 44.2 Å². The zero-order valence-corrected chi connectivity index (χ0v) is 29.3. The predicted molar refractivity (Wildman–Crippen MR) is 187 cm³/mol. The molecule has 7 rings (SSSR count). The molecule has 0 unspecified atom stereocenters. The number of pyridine rings is 2. The van der Waals surface area contributed by atoms with Crippen molar-refractivity contribution < 1.29 is 45.0 Å². The van der Waals surface area contributed by atoms with Crippen molar-refractivity contribution in [2.24, 2.45) is 0 Å². The molecule has 0 spiro atoms. The Morgan fingerprint density at radius 2 is 1.73 bits per heavy atom. The van der Waals surface area contributed by atoms with E-state index in [1.807, 2.05) is 4.72 Å². The van der Waals surface area contributed by atoms with Gasteiger partial charge in [-0.3, -0.25) is 19.1 Å². The molecule has 14 nitrogen and oxygen atoms in total. The molecule has 2 fully saturated rings. The summed E-state index contributed by atoms with van der Waals surface area (Å²) in [6.45, 7) is 2.14. The van der Waals surface area contributed by atoms with Gasteiger partial charge in [-0.05, 0) is 42.7 Å². The Bertz CT molecular complexity index is 2160. The van der Waals surface area contributed by atoms with E-state index in [4.69, 9.17) is 18.9 Å². The summed E-state index contributed by atoms with van der Waals surface area (Å²) in [6, 6.07) is 6.89. The second kappa shape index (κ2) is 14.6. The van der Waals surface area contributed by atoms with Crippen LogP contribution >= 0.6 is 0 Å². The molecule has 0 aliphatic carbocycles. The summed E-state index contributed by atoms with van der Waals surface area (Å²) in [5.41, 5.74) is 2.49. The molecule has 3 aliphatic heterocycles. The number of halogens is 1. The van der Waals surface area contributed by atoms with E-state index in [2.05, 4.69) is 15.3 Å². The normalized spacial score (nSPS) is 16.8. The number of rotatable bonds is 10. The quantitative estimate of drug-likeness (QED) is 0.201. The molecular formula is C34H36FN5O9S2. The van der Waals surface area contributed by atoms with Gasteiger partial charge in [-0.2, -0.15) is 0 Å². The summed E-state index contributed by atoms with van der Waals surface area (Å²) in [7, 11) is -7.15.